The third kappa shape index (κ3) is 2.96. The number of nitrogens with two attached hydrogens (primary N) is 1. The highest BCUT2D eigenvalue weighted by molar-refractivity contribution is 6.02. The molecule has 1 saturated heterocycles. The van der Waals surface area contributed by atoms with Crippen LogP contribution in [0.25, 0.3) is 0 Å². The summed E-state index contributed by atoms with van der Waals surface area (Å²) < 4.78 is 0. The van der Waals surface area contributed by atoms with Crippen molar-refractivity contribution in [3.63, 3.8) is 0 Å². The Morgan fingerprint density at radius 2 is 2.16 bits per heavy atom. The minimum absolute atomic E-state index is 0.132. The van der Waals surface area contributed by atoms with E-state index in [1.807, 2.05) is 0 Å². The van der Waals surface area contributed by atoms with Crippen molar-refractivity contribution in [2.24, 2.45) is 10.9 Å². The topological polar surface area (TPSA) is 78.0 Å². The van der Waals surface area contributed by atoms with Gasteiger partial charge in [0, 0.05) is 30.9 Å². The van der Waals surface area contributed by atoms with Gasteiger partial charge in [-0.05, 0) is 33.0 Å². The molecular formula is C13H21N5O. The van der Waals surface area contributed by atoms with Crippen molar-refractivity contribution in [1.29, 1.82) is 0 Å². The lowest BCUT2D eigenvalue weighted by atomic mass is 10.0. The Hall–Kier alpha value is -1.82. The Kier molecular flexibility index (Phi) is 4.21. The second-order valence-electron chi connectivity index (χ2n) is 5.06. The highest BCUT2D eigenvalue weighted by Crippen LogP contribution is 2.24. The zero-order valence-electron chi connectivity index (χ0n) is 11.5. The molecule has 2 heterocycles. The van der Waals surface area contributed by atoms with Gasteiger partial charge in [0.05, 0.1) is 11.9 Å². The standard InChI is InChI=1S/C13H21N5O/c1-17(2)10-4-7-18(8-5-10)12-9-15-6-3-11(12)13(14)16-19/h3,6,9-10,19H,4-5,7-8H2,1-2H3,(H2,14,16). The van der Waals surface area contributed by atoms with Crippen molar-refractivity contribution in [3.05, 3.63) is 24.0 Å². The van der Waals surface area contributed by atoms with E-state index in [-0.39, 0.29) is 5.84 Å². The van der Waals surface area contributed by atoms with Crippen molar-refractivity contribution >= 4 is 11.5 Å². The SMILES string of the molecule is CN(C)C1CCN(c2cnccc2/C(N)=N/O)CC1. The van der Waals surface area contributed by atoms with E-state index in [1.54, 1.807) is 18.5 Å². The number of nitrogens with zero attached hydrogens (tertiary/aromatic N) is 4. The average molecular weight is 263 g/mol. The molecular weight excluding hydrogens is 242 g/mol. The fraction of sp³-hybridized carbons (Fsp3) is 0.538. The third-order valence-electron chi connectivity index (χ3n) is 3.72. The molecule has 3 N–H and O–H groups in total. The number of anilines is 1. The highest BCUT2D eigenvalue weighted by Gasteiger charge is 2.23. The van der Waals surface area contributed by atoms with E-state index in [0.29, 0.717) is 6.04 Å². The van der Waals surface area contributed by atoms with Crippen LogP contribution in [-0.2, 0) is 0 Å². The van der Waals surface area contributed by atoms with E-state index < -0.39 is 0 Å². The molecule has 1 aliphatic rings. The smallest absolute Gasteiger partial charge is 0.172 e. The van der Waals surface area contributed by atoms with E-state index in [2.05, 4.69) is 34.0 Å². The van der Waals surface area contributed by atoms with Crippen molar-refractivity contribution in [2.45, 2.75) is 18.9 Å². The Labute approximate surface area is 113 Å². The van der Waals surface area contributed by atoms with Gasteiger partial charge in [0.1, 0.15) is 0 Å². The van der Waals surface area contributed by atoms with Gasteiger partial charge in [0.25, 0.3) is 0 Å². The summed E-state index contributed by atoms with van der Waals surface area (Å²) in [7, 11) is 4.23. The van der Waals surface area contributed by atoms with Gasteiger partial charge in [-0.2, -0.15) is 0 Å². The van der Waals surface area contributed by atoms with Crippen molar-refractivity contribution in [2.75, 3.05) is 32.1 Å². The zero-order valence-corrected chi connectivity index (χ0v) is 11.5. The first-order valence-electron chi connectivity index (χ1n) is 6.46. The van der Waals surface area contributed by atoms with Gasteiger partial charge in [0.2, 0.25) is 0 Å². The van der Waals surface area contributed by atoms with Crippen LogP contribution in [0.2, 0.25) is 0 Å². The van der Waals surface area contributed by atoms with Gasteiger partial charge in [-0.1, -0.05) is 5.16 Å². The van der Waals surface area contributed by atoms with E-state index in [0.717, 1.165) is 37.2 Å². The van der Waals surface area contributed by atoms with Crippen LogP contribution in [-0.4, -0.2) is 54.2 Å². The molecule has 0 spiro atoms. The first-order chi connectivity index (χ1) is 9.13. The van der Waals surface area contributed by atoms with E-state index in [9.17, 15) is 0 Å². The van der Waals surface area contributed by atoms with Gasteiger partial charge in [-0.15, -0.1) is 0 Å². The number of rotatable bonds is 3. The fourth-order valence-electron chi connectivity index (χ4n) is 2.53. The van der Waals surface area contributed by atoms with Gasteiger partial charge in [-0.3, -0.25) is 4.98 Å². The molecule has 2 rings (SSSR count). The summed E-state index contributed by atoms with van der Waals surface area (Å²) in [5.74, 6) is 0.132. The number of pyridine rings is 1. The molecule has 0 atom stereocenters. The second kappa shape index (κ2) is 5.88. The first kappa shape index (κ1) is 13.6. The molecule has 0 radical (unpaired) electrons. The van der Waals surface area contributed by atoms with Crippen molar-refractivity contribution in [1.82, 2.24) is 9.88 Å². The van der Waals surface area contributed by atoms with Crippen LogP contribution < -0.4 is 10.6 Å². The summed E-state index contributed by atoms with van der Waals surface area (Å²) in [6.45, 7) is 1.92. The molecule has 0 amide bonds. The largest absolute Gasteiger partial charge is 0.409 e. The Balaban J connectivity index is 2.16. The van der Waals surface area contributed by atoms with Crippen LogP contribution in [0, 0.1) is 0 Å². The Morgan fingerprint density at radius 1 is 1.47 bits per heavy atom. The quantitative estimate of drug-likeness (QED) is 0.363. The number of piperidine rings is 1. The molecule has 0 saturated carbocycles. The summed E-state index contributed by atoms with van der Waals surface area (Å²) in [6, 6.07) is 2.41. The maximum atomic E-state index is 8.84. The molecule has 1 aromatic heterocycles. The Morgan fingerprint density at radius 3 is 2.74 bits per heavy atom. The first-order valence-corrected chi connectivity index (χ1v) is 6.46. The molecule has 1 aromatic rings. The van der Waals surface area contributed by atoms with Gasteiger partial charge >= 0.3 is 0 Å². The minimum Gasteiger partial charge on any atom is -0.409 e. The predicted octanol–water partition coefficient (Wildman–Crippen LogP) is 0.707. The molecule has 1 fully saturated rings. The Bertz CT molecular complexity index is 452. The molecule has 6 heteroatoms. The molecule has 1 aliphatic heterocycles. The number of hydrogen-bond donors (Lipinski definition) is 2. The van der Waals surface area contributed by atoms with Crippen LogP contribution in [0.4, 0.5) is 5.69 Å². The summed E-state index contributed by atoms with van der Waals surface area (Å²) in [5, 5.41) is 11.9. The number of aromatic nitrogens is 1. The molecule has 0 aromatic carbocycles. The van der Waals surface area contributed by atoms with Gasteiger partial charge in [-0.25, -0.2) is 0 Å². The molecule has 0 bridgehead atoms. The molecule has 6 nitrogen and oxygen atoms in total. The lowest BCUT2D eigenvalue weighted by Crippen LogP contribution is -2.42. The number of oxime groups is 1. The van der Waals surface area contributed by atoms with Crippen molar-refractivity contribution < 1.29 is 5.21 Å². The third-order valence-corrected chi connectivity index (χ3v) is 3.72. The number of hydrogen-bond acceptors (Lipinski definition) is 5. The van der Waals surface area contributed by atoms with E-state index >= 15 is 0 Å². The molecule has 19 heavy (non-hydrogen) atoms. The second-order valence-corrected chi connectivity index (χ2v) is 5.06. The van der Waals surface area contributed by atoms with Crippen LogP contribution in [0.3, 0.4) is 0 Å². The summed E-state index contributed by atoms with van der Waals surface area (Å²) in [5.41, 5.74) is 7.39. The summed E-state index contributed by atoms with van der Waals surface area (Å²) in [6.07, 6.45) is 5.65. The lowest BCUT2D eigenvalue weighted by Gasteiger charge is -2.37. The summed E-state index contributed by atoms with van der Waals surface area (Å²) >= 11 is 0. The minimum atomic E-state index is 0.132. The van der Waals surface area contributed by atoms with Gasteiger partial charge < -0.3 is 20.7 Å². The van der Waals surface area contributed by atoms with Gasteiger partial charge in [0.15, 0.2) is 5.84 Å². The number of amidine groups is 1. The predicted molar refractivity (Wildman–Crippen MR) is 75.7 cm³/mol. The van der Waals surface area contributed by atoms with Crippen LogP contribution >= 0.6 is 0 Å². The van der Waals surface area contributed by atoms with Crippen LogP contribution in [0.1, 0.15) is 18.4 Å². The normalized spacial score (nSPS) is 18.1. The molecule has 0 unspecified atom stereocenters. The lowest BCUT2D eigenvalue weighted by molar-refractivity contribution is 0.249. The van der Waals surface area contributed by atoms with E-state index in [1.165, 1.54) is 0 Å². The van der Waals surface area contributed by atoms with E-state index in [4.69, 9.17) is 10.9 Å². The molecule has 0 aliphatic carbocycles. The maximum Gasteiger partial charge on any atom is 0.172 e. The van der Waals surface area contributed by atoms with Crippen molar-refractivity contribution in [3.8, 4) is 0 Å². The highest BCUT2D eigenvalue weighted by atomic mass is 16.4. The zero-order chi connectivity index (χ0) is 13.8. The van der Waals surface area contributed by atoms with Crippen LogP contribution in [0.15, 0.2) is 23.6 Å². The average Bonchev–Trinajstić information content (AvgIpc) is 2.46. The van der Waals surface area contributed by atoms with Crippen LogP contribution in [0.5, 0.6) is 0 Å². The monoisotopic (exact) mass is 263 g/mol. The maximum absolute atomic E-state index is 8.84. The fourth-order valence-corrected chi connectivity index (χ4v) is 2.53. The summed E-state index contributed by atoms with van der Waals surface area (Å²) in [4.78, 5) is 8.67. The molecule has 104 valence electrons.